The quantitative estimate of drug-likeness (QED) is 0.481. The standard InChI is InChI=1S/C27H25N7O3S/c1-32(20-10-6-3-7-11-20)22-13-19(12-21-23(35)31-26(37)38-21)28-24(30-22)33-14-27(15-33)16-34(17-27)25(36)29-18-8-4-2-5-9-18/h2-13H,14-17H2,1H3,(H,29,36)(H,31,35,37)/b21-12-. The molecule has 3 aromatic rings. The van der Waals surface area contributed by atoms with Crippen LogP contribution in [-0.4, -0.2) is 65.3 Å². The summed E-state index contributed by atoms with van der Waals surface area (Å²) in [6.07, 6.45) is 1.62. The van der Waals surface area contributed by atoms with Gasteiger partial charge in [-0.25, -0.2) is 9.78 Å². The van der Waals surface area contributed by atoms with Gasteiger partial charge in [-0.05, 0) is 42.1 Å². The van der Waals surface area contributed by atoms with E-state index in [0.29, 0.717) is 35.5 Å². The first-order chi connectivity index (χ1) is 18.4. The third kappa shape index (κ3) is 4.68. The van der Waals surface area contributed by atoms with Crippen LogP contribution in [0.5, 0.6) is 0 Å². The number of aromatic nitrogens is 2. The van der Waals surface area contributed by atoms with Crippen molar-refractivity contribution in [3.05, 3.63) is 77.3 Å². The van der Waals surface area contributed by atoms with E-state index in [-0.39, 0.29) is 11.4 Å². The van der Waals surface area contributed by atoms with E-state index in [0.717, 1.165) is 36.2 Å². The molecule has 3 saturated heterocycles. The maximum absolute atomic E-state index is 12.6. The number of urea groups is 1. The molecule has 3 aliphatic heterocycles. The topological polar surface area (TPSA) is 111 Å². The molecule has 3 fully saturated rings. The Balaban J connectivity index is 1.19. The summed E-state index contributed by atoms with van der Waals surface area (Å²) in [6, 6.07) is 21.0. The van der Waals surface area contributed by atoms with E-state index in [4.69, 9.17) is 9.97 Å². The number of para-hydroxylation sites is 2. The van der Waals surface area contributed by atoms with Gasteiger partial charge in [-0.2, -0.15) is 4.98 Å². The number of nitrogens with zero attached hydrogens (tertiary/aromatic N) is 5. The molecule has 4 amide bonds. The maximum atomic E-state index is 12.6. The number of carbonyl (C=O) groups excluding carboxylic acids is 3. The van der Waals surface area contributed by atoms with Gasteiger partial charge in [0.15, 0.2) is 0 Å². The minimum Gasteiger partial charge on any atom is -0.339 e. The van der Waals surface area contributed by atoms with Crippen LogP contribution in [0.1, 0.15) is 5.69 Å². The number of hydrogen-bond acceptors (Lipinski definition) is 8. The number of nitrogens with one attached hydrogen (secondary N) is 2. The molecule has 6 rings (SSSR count). The molecule has 1 spiro atoms. The van der Waals surface area contributed by atoms with Crippen LogP contribution >= 0.6 is 11.8 Å². The number of likely N-dealkylation sites (tertiary alicyclic amines) is 1. The van der Waals surface area contributed by atoms with E-state index >= 15 is 0 Å². The van der Waals surface area contributed by atoms with Gasteiger partial charge in [0.1, 0.15) is 5.82 Å². The first-order valence-electron chi connectivity index (χ1n) is 12.2. The minimum atomic E-state index is -0.427. The summed E-state index contributed by atoms with van der Waals surface area (Å²) in [5.41, 5.74) is 2.29. The average molecular weight is 528 g/mol. The number of carbonyl (C=O) groups is 3. The van der Waals surface area contributed by atoms with Gasteiger partial charge in [-0.15, -0.1) is 0 Å². The van der Waals surface area contributed by atoms with Gasteiger partial charge in [0.05, 0.1) is 10.6 Å². The summed E-state index contributed by atoms with van der Waals surface area (Å²) in [5.74, 6) is 0.787. The molecular weight excluding hydrogens is 502 g/mol. The van der Waals surface area contributed by atoms with Crippen molar-refractivity contribution in [1.29, 1.82) is 0 Å². The fraction of sp³-hybridized carbons (Fsp3) is 0.222. The Kier molecular flexibility index (Phi) is 5.99. The Morgan fingerprint density at radius 2 is 1.71 bits per heavy atom. The zero-order valence-corrected chi connectivity index (χ0v) is 21.4. The minimum absolute atomic E-state index is 0.0188. The molecular formula is C27H25N7O3S. The molecule has 0 saturated carbocycles. The van der Waals surface area contributed by atoms with Crippen molar-refractivity contribution in [2.24, 2.45) is 5.41 Å². The number of anilines is 4. The van der Waals surface area contributed by atoms with Crippen LogP contribution in [0.2, 0.25) is 0 Å². The Hall–Kier alpha value is -4.38. The monoisotopic (exact) mass is 527 g/mol. The van der Waals surface area contributed by atoms with Crippen molar-refractivity contribution in [1.82, 2.24) is 20.2 Å². The Morgan fingerprint density at radius 1 is 1.03 bits per heavy atom. The van der Waals surface area contributed by atoms with Crippen LogP contribution in [0, 0.1) is 5.41 Å². The number of hydrogen-bond donors (Lipinski definition) is 2. The molecule has 192 valence electrons. The SMILES string of the molecule is CN(c1ccccc1)c1cc(/C=C2\SC(=O)NC2=O)nc(N2CC3(CN(C(=O)Nc4ccccc4)C3)C2)n1. The van der Waals surface area contributed by atoms with E-state index in [1.54, 1.807) is 12.1 Å². The molecule has 0 atom stereocenters. The largest absolute Gasteiger partial charge is 0.339 e. The highest BCUT2D eigenvalue weighted by atomic mass is 32.2. The normalized spacial score (nSPS) is 18.7. The molecule has 0 aliphatic carbocycles. The number of rotatable bonds is 5. The van der Waals surface area contributed by atoms with Crippen molar-refractivity contribution in [3.8, 4) is 0 Å². The molecule has 0 radical (unpaired) electrons. The van der Waals surface area contributed by atoms with Gasteiger partial charge in [0.2, 0.25) is 5.95 Å². The highest BCUT2D eigenvalue weighted by molar-refractivity contribution is 8.18. The Morgan fingerprint density at radius 3 is 2.37 bits per heavy atom. The lowest BCUT2D eigenvalue weighted by Crippen LogP contribution is -2.73. The molecule has 4 heterocycles. The van der Waals surface area contributed by atoms with Crippen LogP contribution in [0.25, 0.3) is 6.08 Å². The first kappa shape index (κ1) is 24.0. The van der Waals surface area contributed by atoms with Crippen molar-refractivity contribution < 1.29 is 14.4 Å². The summed E-state index contributed by atoms with van der Waals surface area (Å²) in [4.78, 5) is 52.0. The lowest BCUT2D eigenvalue weighted by atomic mass is 9.73. The highest BCUT2D eigenvalue weighted by Crippen LogP contribution is 2.42. The molecule has 1 aromatic heterocycles. The van der Waals surface area contributed by atoms with Crippen LogP contribution in [-0.2, 0) is 4.79 Å². The van der Waals surface area contributed by atoms with Crippen molar-refractivity contribution in [2.45, 2.75) is 0 Å². The third-order valence-corrected chi connectivity index (χ3v) is 7.64. The summed E-state index contributed by atoms with van der Waals surface area (Å²) in [6.45, 7) is 2.79. The van der Waals surface area contributed by atoms with E-state index < -0.39 is 11.1 Å². The summed E-state index contributed by atoms with van der Waals surface area (Å²) in [7, 11) is 1.92. The van der Waals surface area contributed by atoms with Crippen LogP contribution < -0.4 is 20.4 Å². The molecule has 11 heteroatoms. The van der Waals surface area contributed by atoms with Gasteiger partial charge in [-0.1, -0.05) is 36.4 Å². The lowest BCUT2D eigenvalue weighted by Gasteiger charge is -2.59. The van der Waals surface area contributed by atoms with Gasteiger partial charge < -0.3 is 20.0 Å². The number of thioether (sulfide) groups is 1. The fourth-order valence-corrected chi connectivity index (χ4v) is 5.57. The highest BCUT2D eigenvalue weighted by Gasteiger charge is 2.54. The molecule has 10 nitrogen and oxygen atoms in total. The van der Waals surface area contributed by atoms with Crippen LogP contribution in [0.4, 0.5) is 32.7 Å². The first-order valence-corrected chi connectivity index (χ1v) is 13.0. The van der Waals surface area contributed by atoms with Gasteiger partial charge in [-0.3, -0.25) is 14.9 Å². The van der Waals surface area contributed by atoms with E-state index in [9.17, 15) is 14.4 Å². The zero-order valence-electron chi connectivity index (χ0n) is 20.6. The number of benzene rings is 2. The second-order valence-corrected chi connectivity index (χ2v) is 10.7. The van der Waals surface area contributed by atoms with Crippen molar-refractivity contribution in [3.63, 3.8) is 0 Å². The maximum Gasteiger partial charge on any atom is 0.321 e. The summed E-state index contributed by atoms with van der Waals surface area (Å²) < 4.78 is 0. The Labute approximate surface area is 223 Å². The molecule has 0 bridgehead atoms. The molecule has 2 N–H and O–H groups in total. The number of amides is 4. The van der Waals surface area contributed by atoms with Crippen molar-refractivity contribution in [2.75, 3.05) is 48.3 Å². The van der Waals surface area contributed by atoms with E-state index in [2.05, 4.69) is 15.5 Å². The van der Waals surface area contributed by atoms with Gasteiger partial charge in [0.25, 0.3) is 11.1 Å². The molecule has 0 unspecified atom stereocenters. The van der Waals surface area contributed by atoms with Gasteiger partial charge in [0, 0.05) is 56.1 Å². The molecule has 38 heavy (non-hydrogen) atoms. The Bertz CT molecular complexity index is 1430. The second-order valence-electron chi connectivity index (χ2n) is 9.71. The fourth-order valence-electron chi connectivity index (χ4n) is 4.90. The van der Waals surface area contributed by atoms with Crippen molar-refractivity contribution >= 4 is 58.2 Å². The van der Waals surface area contributed by atoms with Crippen LogP contribution in [0.3, 0.4) is 0 Å². The smallest absolute Gasteiger partial charge is 0.321 e. The van der Waals surface area contributed by atoms with Crippen LogP contribution in [0.15, 0.2) is 71.6 Å². The molecule has 2 aromatic carbocycles. The predicted molar refractivity (Wildman–Crippen MR) is 147 cm³/mol. The third-order valence-electron chi connectivity index (χ3n) is 6.83. The second kappa shape index (κ2) is 9.49. The summed E-state index contributed by atoms with van der Waals surface area (Å²) in [5, 5.41) is 4.82. The zero-order chi connectivity index (χ0) is 26.3. The molecule has 3 aliphatic rings. The average Bonchev–Trinajstić information content (AvgIpc) is 3.19. The van der Waals surface area contributed by atoms with E-state index in [1.165, 1.54) is 0 Å². The predicted octanol–water partition coefficient (Wildman–Crippen LogP) is 3.92. The summed E-state index contributed by atoms with van der Waals surface area (Å²) >= 11 is 0.860. The number of imide groups is 1. The van der Waals surface area contributed by atoms with E-state index in [1.807, 2.05) is 77.5 Å². The lowest BCUT2D eigenvalue weighted by molar-refractivity contribution is -0.115. The van der Waals surface area contributed by atoms with Gasteiger partial charge >= 0.3 is 6.03 Å².